The Bertz CT molecular complexity index is 417. The summed E-state index contributed by atoms with van der Waals surface area (Å²) in [6.07, 6.45) is 7.59. The topological polar surface area (TPSA) is 24.9 Å². The molecule has 2 atom stereocenters. The Kier molecular flexibility index (Phi) is 5.25. The summed E-state index contributed by atoms with van der Waals surface area (Å²) in [7, 11) is 0. The zero-order valence-corrected chi connectivity index (χ0v) is 14.5. The first-order chi connectivity index (χ1) is 9.38. The van der Waals surface area contributed by atoms with E-state index in [0.29, 0.717) is 6.04 Å². The van der Waals surface area contributed by atoms with Crippen LogP contribution in [0.2, 0.25) is 0 Å². The van der Waals surface area contributed by atoms with Crippen molar-refractivity contribution in [3.8, 4) is 0 Å². The molecule has 0 amide bonds. The second-order valence-electron chi connectivity index (χ2n) is 7.56. The van der Waals surface area contributed by atoms with Crippen LogP contribution in [0, 0.1) is 11.8 Å². The molecule has 1 saturated carbocycles. The lowest BCUT2D eigenvalue weighted by molar-refractivity contribution is 0.205. The Balaban J connectivity index is 1.92. The van der Waals surface area contributed by atoms with E-state index in [9.17, 15) is 0 Å². The van der Waals surface area contributed by atoms with Crippen LogP contribution in [0.1, 0.15) is 70.2 Å². The van der Waals surface area contributed by atoms with Crippen molar-refractivity contribution in [1.82, 2.24) is 10.3 Å². The summed E-state index contributed by atoms with van der Waals surface area (Å²) in [4.78, 5) is 5.96. The molecule has 1 fully saturated rings. The van der Waals surface area contributed by atoms with Crippen molar-refractivity contribution in [3.05, 3.63) is 16.1 Å². The smallest absolute Gasteiger partial charge is 0.0981 e. The lowest BCUT2D eigenvalue weighted by Gasteiger charge is -2.35. The van der Waals surface area contributed by atoms with E-state index >= 15 is 0 Å². The number of nitrogens with one attached hydrogen (secondary N) is 1. The highest BCUT2D eigenvalue weighted by molar-refractivity contribution is 7.11. The van der Waals surface area contributed by atoms with Crippen LogP contribution in [-0.4, -0.2) is 11.0 Å². The average molecular weight is 295 g/mol. The van der Waals surface area contributed by atoms with Gasteiger partial charge in [0.2, 0.25) is 0 Å². The maximum absolute atomic E-state index is 4.58. The number of hydrogen-bond acceptors (Lipinski definition) is 3. The van der Waals surface area contributed by atoms with Gasteiger partial charge < -0.3 is 5.32 Å². The molecular weight excluding hydrogens is 264 g/mol. The molecule has 2 unspecified atom stereocenters. The molecular formula is C17H30N2S. The van der Waals surface area contributed by atoms with Crippen LogP contribution in [0.3, 0.4) is 0 Å². The first-order valence-corrected chi connectivity index (χ1v) is 8.88. The second-order valence-corrected chi connectivity index (χ2v) is 8.68. The fourth-order valence-corrected chi connectivity index (χ4v) is 4.10. The van der Waals surface area contributed by atoms with E-state index in [-0.39, 0.29) is 5.41 Å². The van der Waals surface area contributed by atoms with Gasteiger partial charge in [0, 0.05) is 29.1 Å². The number of aromatic nitrogens is 1. The fourth-order valence-electron chi connectivity index (χ4n) is 3.18. The van der Waals surface area contributed by atoms with Gasteiger partial charge in [-0.15, -0.1) is 11.3 Å². The van der Waals surface area contributed by atoms with E-state index in [1.54, 1.807) is 0 Å². The van der Waals surface area contributed by atoms with Gasteiger partial charge in [0.25, 0.3) is 0 Å². The lowest BCUT2D eigenvalue weighted by atomic mass is 9.78. The predicted molar refractivity (Wildman–Crippen MR) is 88.2 cm³/mol. The Morgan fingerprint density at radius 1 is 1.30 bits per heavy atom. The third kappa shape index (κ3) is 4.05. The van der Waals surface area contributed by atoms with Gasteiger partial charge in [0.1, 0.15) is 0 Å². The van der Waals surface area contributed by atoms with Crippen LogP contribution in [0.5, 0.6) is 0 Å². The van der Waals surface area contributed by atoms with Crippen molar-refractivity contribution in [2.75, 3.05) is 0 Å². The average Bonchev–Trinajstić information content (AvgIpc) is 2.85. The van der Waals surface area contributed by atoms with Gasteiger partial charge in [0.05, 0.1) is 5.01 Å². The number of rotatable bonds is 4. The van der Waals surface area contributed by atoms with Crippen molar-refractivity contribution in [2.45, 2.75) is 78.3 Å². The van der Waals surface area contributed by atoms with Gasteiger partial charge in [0.15, 0.2) is 0 Å². The number of hydrogen-bond donors (Lipinski definition) is 1. The van der Waals surface area contributed by atoms with Crippen LogP contribution < -0.4 is 5.32 Å². The molecule has 2 nitrogen and oxygen atoms in total. The Morgan fingerprint density at radius 3 is 2.60 bits per heavy atom. The Hall–Kier alpha value is -0.410. The number of thiazole rings is 1. The maximum atomic E-state index is 4.58. The molecule has 1 aliphatic carbocycles. The quantitative estimate of drug-likeness (QED) is 0.867. The van der Waals surface area contributed by atoms with Gasteiger partial charge in [-0.05, 0) is 24.7 Å². The highest BCUT2D eigenvalue weighted by atomic mass is 32.1. The Morgan fingerprint density at radius 2 is 2.00 bits per heavy atom. The molecule has 3 heteroatoms. The summed E-state index contributed by atoms with van der Waals surface area (Å²) in [5.41, 5.74) is 0.175. The van der Waals surface area contributed by atoms with Crippen LogP contribution in [0.4, 0.5) is 0 Å². The highest BCUT2D eigenvalue weighted by Crippen LogP contribution is 2.31. The van der Waals surface area contributed by atoms with Gasteiger partial charge in [-0.3, -0.25) is 0 Å². The molecule has 0 aliphatic heterocycles. The molecule has 114 valence electrons. The van der Waals surface area contributed by atoms with E-state index < -0.39 is 0 Å². The largest absolute Gasteiger partial charge is 0.309 e. The van der Waals surface area contributed by atoms with Crippen molar-refractivity contribution in [3.63, 3.8) is 0 Å². The molecule has 1 aromatic rings. The summed E-state index contributed by atoms with van der Waals surface area (Å²) >= 11 is 1.86. The summed E-state index contributed by atoms with van der Waals surface area (Å²) in [6.45, 7) is 12.4. The molecule has 1 N–H and O–H groups in total. The molecule has 0 aromatic carbocycles. The van der Waals surface area contributed by atoms with Crippen LogP contribution in [0.25, 0.3) is 0 Å². The van der Waals surface area contributed by atoms with Crippen LogP contribution in [0.15, 0.2) is 6.20 Å². The van der Waals surface area contributed by atoms with Crippen molar-refractivity contribution < 1.29 is 0 Å². The van der Waals surface area contributed by atoms with E-state index in [2.05, 4.69) is 51.1 Å². The first kappa shape index (κ1) is 16.0. The fraction of sp³-hybridized carbons (Fsp3) is 0.824. The maximum Gasteiger partial charge on any atom is 0.0981 e. The Labute approximate surface area is 128 Å². The monoisotopic (exact) mass is 294 g/mol. The minimum absolute atomic E-state index is 0.175. The van der Waals surface area contributed by atoms with Gasteiger partial charge in [-0.2, -0.15) is 0 Å². The molecule has 0 saturated heterocycles. The second kappa shape index (κ2) is 6.57. The number of nitrogens with zero attached hydrogens (tertiary/aromatic N) is 1. The van der Waals surface area contributed by atoms with Gasteiger partial charge >= 0.3 is 0 Å². The van der Waals surface area contributed by atoms with E-state index in [1.807, 2.05) is 11.3 Å². The van der Waals surface area contributed by atoms with Crippen molar-refractivity contribution in [1.29, 1.82) is 0 Å². The van der Waals surface area contributed by atoms with Gasteiger partial charge in [-0.25, -0.2) is 4.98 Å². The first-order valence-electron chi connectivity index (χ1n) is 8.06. The molecule has 0 radical (unpaired) electrons. The van der Waals surface area contributed by atoms with E-state index in [0.717, 1.165) is 18.4 Å². The zero-order chi connectivity index (χ0) is 14.8. The summed E-state index contributed by atoms with van der Waals surface area (Å²) < 4.78 is 0. The lowest BCUT2D eigenvalue weighted by Crippen LogP contribution is -2.40. The molecule has 20 heavy (non-hydrogen) atoms. The third-order valence-corrected chi connectivity index (χ3v) is 5.83. The van der Waals surface area contributed by atoms with Crippen molar-refractivity contribution in [2.24, 2.45) is 11.8 Å². The molecule has 0 spiro atoms. The third-order valence-electron chi connectivity index (χ3n) is 4.41. The summed E-state index contributed by atoms with van der Waals surface area (Å²) in [5, 5.41) is 5.05. The minimum Gasteiger partial charge on any atom is -0.309 e. The SMILES string of the molecule is CC(C)C1CCCCC1NCc1cnc(C(C)(C)C)s1. The molecule has 1 aromatic heterocycles. The van der Waals surface area contributed by atoms with Crippen molar-refractivity contribution >= 4 is 11.3 Å². The molecule has 1 aliphatic rings. The summed E-state index contributed by atoms with van der Waals surface area (Å²) in [6, 6.07) is 0.698. The standard InChI is InChI=1S/C17H30N2S/c1-12(2)14-8-6-7-9-15(14)18-10-13-11-19-16(20-13)17(3,4)5/h11-12,14-15,18H,6-10H2,1-5H3. The van der Waals surface area contributed by atoms with Gasteiger partial charge in [-0.1, -0.05) is 47.5 Å². The summed E-state index contributed by atoms with van der Waals surface area (Å²) in [5.74, 6) is 1.64. The van der Waals surface area contributed by atoms with E-state index in [1.165, 1.54) is 35.6 Å². The predicted octanol–water partition coefficient (Wildman–Crippen LogP) is 4.75. The zero-order valence-electron chi connectivity index (χ0n) is 13.7. The molecule has 0 bridgehead atoms. The van der Waals surface area contributed by atoms with Crippen LogP contribution in [-0.2, 0) is 12.0 Å². The highest BCUT2D eigenvalue weighted by Gasteiger charge is 2.27. The normalized spacial score (nSPS) is 24.3. The van der Waals surface area contributed by atoms with E-state index in [4.69, 9.17) is 0 Å². The molecule has 1 heterocycles. The minimum atomic E-state index is 0.175. The molecule has 2 rings (SSSR count). The van der Waals surface area contributed by atoms with Crippen LogP contribution >= 0.6 is 11.3 Å².